The Hall–Kier alpha value is -2.15. The summed E-state index contributed by atoms with van der Waals surface area (Å²) in [6.07, 6.45) is 11.3. The van der Waals surface area contributed by atoms with E-state index in [2.05, 4.69) is 19.9 Å². The van der Waals surface area contributed by atoms with E-state index < -0.39 is 0 Å². The number of likely N-dealkylation sites (tertiary alicyclic amines) is 1. The molecule has 1 atom stereocenters. The summed E-state index contributed by atoms with van der Waals surface area (Å²) >= 11 is 1.57. The van der Waals surface area contributed by atoms with Crippen LogP contribution in [-0.2, 0) is 11.3 Å². The van der Waals surface area contributed by atoms with Crippen molar-refractivity contribution in [1.82, 2.24) is 19.9 Å². The van der Waals surface area contributed by atoms with Crippen molar-refractivity contribution in [2.75, 3.05) is 30.8 Å². The Bertz CT molecular complexity index is 802. The Labute approximate surface area is 164 Å². The van der Waals surface area contributed by atoms with Gasteiger partial charge in [0.2, 0.25) is 5.91 Å². The first kappa shape index (κ1) is 18.2. The van der Waals surface area contributed by atoms with Crippen molar-refractivity contribution in [3.05, 3.63) is 42.4 Å². The topological polar surface area (TPSA) is 62.2 Å². The van der Waals surface area contributed by atoms with Gasteiger partial charge in [0.1, 0.15) is 5.82 Å². The van der Waals surface area contributed by atoms with Crippen molar-refractivity contribution < 1.29 is 4.79 Å². The maximum Gasteiger partial charge on any atom is 0.222 e. The van der Waals surface area contributed by atoms with E-state index in [4.69, 9.17) is 0 Å². The third-order valence-electron chi connectivity index (χ3n) is 5.66. The summed E-state index contributed by atoms with van der Waals surface area (Å²) in [5.41, 5.74) is 1.30. The Balaban J connectivity index is 1.50. The van der Waals surface area contributed by atoms with Gasteiger partial charge in [0.15, 0.2) is 5.16 Å². The highest BCUT2D eigenvalue weighted by Gasteiger charge is 2.42. The Morgan fingerprint density at radius 2 is 2.00 bits per heavy atom. The molecule has 7 heteroatoms. The first-order valence-corrected chi connectivity index (χ1v) is 10.7. The Morgan fingerprint density at radius 3 is 2.81 bits per heavy atom. The third kappa shape index (κ3) is 4.08. The van der Waals surface area contributed by atoms with E-state index in [1.54, 1.807) is 24.2 Å². The number of carbonyl (C=O) groups excluding carboxylic acids is 1. The monoisotopic (exact) mass is 383 g/mol. The van der Waals surface area contributed by atoms with Gasteiger partial charge in [-0.1, -0.05) is 11.8 Å². The second kappa shape index (κ2) is 7.84. The minimum absolute atomic E-state index is 0.156. The average molecular weight is 384 g/mol. The SMILES string of the molecule is CSc1nccc(N2CCC[C@]3(CCC(=O)N(Cc4ccncc4)C3)C2)n1. The van der Waals surface area contributed by atoms with Crippen molar-refractivity contribution in [1.29, 1.82) is 0 Å². The number of amides is 1. The van der Waals surface area contributed by atoms with E-state index in [0.29, 0.717) is 13.0 Å². The smallest absolute Gasteiger partial charge is 0.222 e. The fourth-order valence-electron chi connectivity index (χ4n) is 4.30. The third-order valence-corrected chi connectivity index (χ3v) is 6.22. The van der Waals surface area contributed by atoms with Crippen LogP contribution >= 0.6 is 11.8 Å². The first-order valence-electron chi connectivity index (χ1n) is 9.46. The number of hydrogen-bond acceptors (Lipinski definition) is 6. The predicted molar refractivity (Wildman–Crippen MR) is 107 cm³/mol. The molecule has 142 valence electrons. The molecule has 0 radical (unpaired) electrons. The van der Waals surface area contributed by atoms with E-state index >= 15 is 0 Å². The summed E-state index contributed by atoms with van der Waals surface area (Å²) in [6.45, 7) is 3.47. The molecule has 0 saturated carbocycles. The molecule has 2 aliphatic heterocycles. The van der Waals surface area contributed by atoms with Gasteiger partial charge in [0.25, 0.3) is 0 Å². The summed E-state index contributed by atoms with van der Waals surface area (Å²) in [6, 6.07) is 5.99. The van der Waals surface area contributed by atoms with Crippen LogP contribution in [0.15, 0.2) is 41.9 Å². The molecular weight excluding hydrogens is 358 g/mol. The minimum atomic E-state index is 0.156. The number of nitrogens with zero attached hydrogens (tertiary/aromatic N) is 5. The highest BCUT2D eigenvalue weighted by Crippen LogP contribution is 2.40. The van der Waals surface area contributed by atoms with E-state index in [9.17, 15) is 4.79 Å². The van der Waals surface area contributed by atoms with Crippen LogP contribution in [0, 0.1) is 5.41 Å². The van der Waals surface area contributed by atoms with Gasteiger partial charge in [0.05, 0.1) is 0 Å². The lowest BCUT2D eigenvalue weighted by Crippen LogP contribution is -2.54. The molecule has 0 aliphatic carbocycles. The molecule has 1 spiro atoms. The number of hydrogen-bond donors (Lipinski definition) is 0. The van der Waals surface area contributed by atoms with E-state index in [0.717, 1.165) is 49.0 Å². The summed E-state index contributed by atoms with van der Waals surface area (Å²) in [7, 11) is 0. The van der Waals surface area contributed by atoms with Crippen LogP contribution in [0.4, 0.5) is 5.82 Å². The lowest BCUT2D eigenvalue weighted by Gasteiger charge is -2.48. The highest BCUT2D eigenvalue weighted by atomic mass is 32.2. The van der Waals surface area contributed by atoms with Crippen LogP contribution in [-0.4, -0.2) is 51.6 Å². The fraction of sp³-hybridized carbons (Fsp3) is 0.500. The van der Waals surface area contributed by atoms with Crippen molar-refractivity contribution in [3.63, 3.8) is 0 Å². The van der Waals surface area contributed by atoms with Crippen molar-refractivity contribution >= 4 is 23.5 Å². The standard InChI is InChI=1S/C20H25N5OS/c1-27-19-22-11-6-17(23-19)24-12-2-7-20(14-24)8-3-18(26)25(15-20)13-16-4-9-21-10-5-16/h4-6,9-11H,2-3,7-8,12-15H2,1H3/t20-/m0/s1. The van der Waals surface area contributed by atoms with E-state index in [1.165, 1.54) is 6.42 Å². The molecule has 2 aliphatic rings. The molecule has 2 fully saturated rings. The van der Waals surface area contributed by atoms with Gasteiger partial charge in [-0.2, -0.15) is 0 Å². The zero-order chi connectivity index (χ0) is 18.7. The highest BCUT2D eigenvalue weighted by molar-refractivity contribution is 7.98. The normalized spacial score (nSPS) is 23.1. The molecule has 0 bridgehead atoms. The second-order valence-corrected chi connectivity index (χ2v) is 8.31. The van der Waals surface area contributed by atoms with Crippen LogP contribution < -0.4 is 4.90 Å². The van der Waals surface area contributed by atoms with Crippen LogP contribution in [0.5, 0.6) is 0 Å². The maximum atomic E-state index is 12.5. The lowest BCUT2D eigenvalue weighted by atomic mass is 9.73. The van der Waals surface area contributed by atoms with Crippen molar-refractivity contribution in [2.45, 2.75) is 37.4 Å². The van der Waals surface area contributed by atoms with Crippen LogP contribution in [0.1, 0.15) is 31.2 Å². The van der Waals surface area contributed by atoms with E-state index in [-0.39, 0.29) is 11.3 Å². The Kier molecular flexibility index (Phi) is 5.29. The molecule has 2 saturated heterocycles. The van der Waals surface area contributed by atoms with Gasteiger partial charge >= 0.3 is 0 Å². The van der Waals surface area contributed by atoms with Gasteiger partial charge < -0.3 is 9.80 Å². The molecule has 27 heavy (non-hydrogen) atoms. The predicted octanol–water partition coefficient (Wildman–Crippen LogP) is 3.00. The summed E-state index contributed by atoms with van der Waals surface area (Å²) in [5.74, 6) is 1.27. The summed E-state index contributed by atoms with van der Waals surface area (Å²) < 4.78 is 0. The first-order chi connectivity index (χ1) is 13.2. The average Bonchev–Trinajstić information content (AvgIpc) is 2.72. The number of carbonyl (C=O) groups is 1. The molecule has 0 N–H and O–H groups in total. The van der Waals surface area contributed by atoms with Gasteiger partial charge in [-0.05, 0) is 49.3 Å². The van der Waals surface area contributed by atoms with E-state index in [1.807, 2.05) is 35.6 Å². The molecular formula is C20H25N5OS. The van der Waals surface area contributed by atoms with Crippen molar-refractivity contribution in [2.24, 2.45) is 5.41 Å². The van der Waals surface area contributed by atoms with Crippen LogP contribution in [0.2, 0.25) is 0 Å². The maximum absolute atomic E-state index is 12.5. The van der Waals surface area contributed by atoms with Gasteiger partial charge in [-0.25, -0.2) is 9.97 Å². The lowest BCUT2D eigenvalue weighted by molar-refractivity contribution is -0.138. The molecule has 2 aromatic rings. The number of anilines is 1. The summed E-state index contributed by atoms with van der Waals surface area (Å²) in [5, 5.41) is 0.810. The molecule has 0 aromatic carbocycles. The number of thioether (sulfide) groups is 1. The number of aromatic nitrogens is 3. The molecule has 2 aromatic heterocycles. The quantitative estimate of drug-likeness (QED) is 0.597. The molecule has 4 heterocycles. The molecule has 6 nitrogen and oxygen atoms in total. The fourth-order valence-corrected chi connectivity index (χ4v) is 4.65. The minimum Gasteiger partial charge on any atom is -0.356 e. The van der Waals surface area contributed by atoms with Gasteiger partial charge in [-0.3, -0.25) is 9.78 Å². The second-order valence-electron chi connectivity index (χ2n) is 7.53. The number of piperidine rings is 2. The van der Waals surface area contributed by atoms with Crippen LogP contribution in [0.3, 0.4) is 0 Å². The number of pyridine rings is 1. The summed E-state index contributed by atoms with van der Waals surface area (Å²) in [4.78, 5) is 30.0. The molecule has 1 amide bonds. The largest absolute Gasteiger partial charge is 0.356 e. The van der Waals surface area contributed by atoms with Gasteiger partial charge in [0, 0.05) is 56.6 Å². The zero-order valence-electron chi connectivity index (χ0n) is 15.7. The molecule has 4 rings (SSSR count). The number of rotatable bonds is 4. The molecule has 0 unspecified atom stereocenters. The van der Waals surface area contributed by atoms with Crippen LogP contribution in [0.25, 0.3) is 0 Å². The zero-order valence-corrected chi connectivity index (χ0v) is 16.5. The van der Waals surface area contributed by atoms with Crippen molar-refractivity contribution in [3.8, 4) is 0 Å². The Morgan fingerprint density at radius 1 is 1.15 bits per heavy atom. The van der Waals surface area contributed by atoms with Gasteiger partial charge in [-0.15, -0.1) is 0 Å².